The molecule has 0 aromatic heterocycles. The molecule has 0 spiro atoms. The standard InChI is InChI=1S/C33H35NO6/c1-36-30-19-27(20-31(37-2)33(30)38-3)21-32(35)34-17-16-24-14-15-28(39-22-25-10-6-4-7-11-25)29(18-24)40-23-26-12-8-5-9-13-26/h4-15,18-20H,16-17,21-23H2,1-3H3,(H,34,35). The number of carbonyl (C=O) groups excluding carboxylic acids is 1. The Morgan fingerprint density at radius 3 is 1.70 bits per heavy atom. The smallest absolute Gasteiger partial charge is 0.224 e. The minimum atomic E-state index is -0.0994. The Hall–Kier alpha value is -4.65. The number of ether oxygens (including phenoxy) is 5. The van der Waals surface area contributed by atoms with Crippen LogP contribution in [0.25, 0.3) is 0 Å². The summed E-state index contributed by atoms with van der Waals surface area (Å²) in [6.45, 7) is 1.35. The second kappa shape index (κ2) is 14.5. The summed E-state index contributed by atoms with van der Waals surface area (Å²) in [6, 6.07) is 29.5. The van der Waals surface area contributed by atoms with Crippen molar-refractivity contribution in [1.29, 1.82) is 0 Å². The highest BCUT2D eigenvalue weighted by molar-refractivity contribution is 5.79. The van der Waals surface area contributed by atoms with Crippen LogP contribution in [0.15, 0.2) is 91.0 Å². The summed E-state index contributed by atoms with van der Waals surface area (Å²) in [5, 5.41) is 3.00. The van der Waals surface area contributed by atoms with Crippen LogP contribution in [-0.2, 0) is 30.8 Å². The predicted octanol–water partition coefficient (Wildman–Crippen LogP) is 5.77. The highest BCUT2D eigenvalue weighted by Gasteiger charge is 2.15. The topological polar surface area (TPSA) is 75.3 Å². The van der Waals surface area contributed by atoms with Crippen LogP contribution >= 0.6 is 0 Å². The maximum atomic E-state index is 12.7. The summed E-state index contributed by atoms with van der Waals surface area (Å²) >= 11 is 0. The third-order valence-electron chi connectivity index (χ3n) is 6.31. The first-order valence-corrected chi connectivity index (χ1v) is 13.1. The molecule has 0 saturated carbocycles. The van der Waals surface area contributed by atoms with Crippen LogP contribution in [0.1, 0.15) is 22.3 Å². The first-order valence-electron chi connectivity index (χ1n) is 13.1. The van der Waals surface area contributed by atoms with E-state index in [2.05, 4.69) is 5.32 Å². The molecule has 1 amide bonds. The van der Waals surface area contributed by atoms with E-state index in [0.717, 1.165) is 22.3 Å². The van der Waals surface area contributed by atoms with Gasteiger partial charge in [-0.2, -0.15) is 0 Å². The zero-order valence-electron chi connectivity index (χ0n) is 23.1. The third-order valence-corrected chi connectivity index (χ3v) is 6.31. The molecule has 4 aromatic carbocycles. The molecule has 7 nitrogen and oxygen atoms in total. The van der Waals surface area contributed by atoms with E-state index in [1.807, 2.05) is 78.9 Å². The van der Waals surface area contributed by atoms with Crippen LogP contribution in [0.4, 0.5) is 0 Å². The van der Waals surface area contributed by atoms with Gasteiger partial charge in [0.25, 0.3) is 0 Å². The molecule has 0 fully saturated rings. The maximum absolute atomic E-state index is 12.7. The van der Waals surface area contributed by atoms with Gasteiger partial charge in [-0.3, -0.25) is 4.79 Å². The Labute approximate surface area is 235 Å². The Morgan fingerprint density at radius 1 is 0.600 bits per heavy atom. The molecular formula is C33H35NO6. The first-order chi connectivity index (χ1) is 19.6. The molecule has 0 aliphatic heterocycles. The number of benzene rings is 4. The lowest BCUT2D eigenvalue weighted by atomic mass is 10.1. The largest absolute Gasteiger partial charge is 0.493 e. The Balaban J connectivity index is 1.38. The lowest BCUT2D eigenvalue weighted by Crippen LogP contribution is -2.27. The van der Waals surface area contributed by atoms with Crippen LogP contribution in [-0.4, -0.2) is 33.8 Å². The van der Waals surface area contributed by atoms with Gasteiger partial charge in [0.2, 0.25) is 11.7 Å². The summed E-state index contributed by atoms with van der Waals surface area (Å²) in [4.78, 5) is 12.7. The van der Waals surface area contributed by atoms with Gasteiger partial charge in [-0.15, -0.1) is 0 Å². The van der Waals surface area contributed by atoms with Crippen molar-refractivity contribution in [2.75, 3.05) is 27.9 Å². The first kappa shape index (κ1) is 28.4. The van der Waals surface area contributed by atoms with Gasteiger partial charge in [0.15, 0.2) is 23.0 Å². The van der Waals surface area contributed by atoms with E-state index in [9.17, 15) is 4.79 Å². The van der Waals surface area contributed by atoms with Crippen molar-refractivity contribution in [3.05, 3.63) is 113 Å². The molecule has 208 valence electrons. The van der Waals surface area contributed by atoms with Crippen LogP contribution in [0.5, 0.6) is 28.7 Å². The summed E-state index contributed by atoms with van der Waals surface area (Å²) in [7, 11) is 4.65. The lowest BCUT2D eigenvalue weighted by Gasteiger charge is -2.15. The maximum Gasteiger partial charge on any atom is 0.224 e. The van der Waals surface area contributed by atoms with Crippen molar-refractivity contribution in [1.82, 2.24) is 5.32 Å². The quantitative estimate of drug-likeness (QED) is 0.218. The molecule has 0 bridgehead atoms. The molecule has 1 N–H and O–H groups in total. The molecule has 0 atom stereocenters. The van der Waals surface area contributed by atoms with E-state index in [-0.39, 0.29) is 12.3 Å². The summed E-state index contributed by atoms with van der Waals surface area (Å²) in [5.41, 5.74) is 3.95. The summed E-state index contributed by atoms with van der Waals surface area (Å²) < 4.78 is 28.4. The van der Waals surface area contributed by atoms with Gasteiger partial charge in [-0.1, -0.05) is 66.7 Å². The molecule has 4 rings (SSSR count). The summed E-state index contributed by atoms with van der Waals surface area (Å²) in [6.07, 6.45) is 0.829. The molecular weight excluding hydrogens is 506 g/mol. The van der Waals surface area contributed by atoms with Gasteiger partial charge in [0, 0.05) is 6.54 Å². The third kappa shape index (κ3) is 7.93. The minimum absolute atomic E-state index is 0.0994. The van der Waals surface area contributed by atoms with Crippen molar-refractivity contribution in [3.63, 3.8) is 0 Å². The Bertz CT molecular complexity index is 1350. The van der Waals surface area contributed by atoms with E-state index in [4.69, 9.17) is 23.7 Å². The number of carbonyl (C=O) groups is 1. The molecule has 4 aromatic rings. The van der Waals surface area contributed by atoms with Gasteiger partial charge in [-0.05, 0) is 52.9 Å². The molecule has 0 saturated heterocycles. The van der Waals surface area contributed by atoms with E-state index < -0.39 is 0 Å². The van der Waals surface area contributed by atoms with Crippen molar-refractivity contribution in [2.24, 2.45) is 0 Å². The van der Waals surface area contributed by atoms with Gasteiger partial charge in [0.05, 0.1) is 27.8 Å². The fraction of sp³-hybridized carbons (Fsp3) is 0.242. The number of hydrogen-bond acceptors (Lipinski definition) is 6. The fourth-order valence-corrected chi connectivity index (χ4v) is 4.24. The second-order valence-corrected chi connectivity index (χ2v) is 9.14. The number of hydrogen-bond donors (Lipinski definition) is 1. The van der Waals surface area contributed by atoms with Crippen molar-refractivity contribution >= 4 is 5.91 Å². The van der Waals surface area contributed by atoms with Crippen molar-refractivity contribution in [3.8, 4) is 28.7 Å². The highest BCUT2D eigenvalue weighted by atomic mass is 16.5. The molecule has 0 radical (unpaired) electrons. The number of methoxy groups -OCH3 is 3. The van der Waals surface area contributed by atoms with E-state index in [1.165, 1.54) is 0 Å². The number of nitrogens with one attached hydrogen (secondary N) is 1. The zero-order valence-corrected chi connectivity index (χ0v) is 23.1. The Morgan fingerprint density at radius 2 is 1.15 bits per heavy atom. The molecule has 0 heterocycles. The number of amides is 1. The van der Waals surface area contributed by atoms with Crippen LogP contribution in [0, 0.1) is 0 Å². The zero-order chi connectivity index (χ0) is 28.2. The lowest BCUT2D eigenvalue weighted by molar-refractivity contribution is -0.120. The van der Waals surface area contributed by atoms with Crippen LogP contribution in [0.3, 0.4) is 0 Å². The number of rotatable bonds is 14. The van der Waals surface area contributed by atoms with Gasteiger partial charge < -0.3 is 29.0 Å². The monoisotopic (exact) mass is 541 g/mol. The molecule has 0 aliphatic carbocycles. The van der Waals surface area contributed by atoms with E-state index in [0.29, 0.717) is 54.9 Å². The molecule has 0 unspecified atom stereocenters. The molecule has 0 aliphatic rings. The van der Waals surface area contributed by atoms with Gasteiger partial charge in [-0.25, -0.2) is 0 Å². The van der Waals surface area contributed by atoms with E-state index in [1.54, 1.807) is 33.5 Å². The van der Waals surface area contributed by atoms with Gasteiger partial charge >= 0.3 is 0 Å². The SMILES string of the molecule is COc1cc(CC(=O)NCCc2ccc(OCc3ccccc3)c(OCc3ccccc3)c2)cc(OC)c1OC. The average Bonchev–Trinajstić information content (AvgIpc) is 3.00. The second-order valence-electron chi connectivity index (χ2n) is 9.14. The fourth-order valence-electron chi connectivity index (χ4n) is 4.24. The molecule has 40 heavy (non-hydrogen) atoms. The predicted molar refractivity (Wildman–Crippen MR) is 155 cm³/mol. The molecule has 7 heteroatoms. The van der Waals surface area contributed by atoms with Crippen molar-refractivity contribution in [2.45, 2.75) is 26.1 Å². The minimum Gasteiger partial charge on any atom is -0.493 e. The normalized spacial score (nSPS) is 10.5. The summed E-state index contributed by atoms with van der Waals surface area (Å²) in [5.74, 6) is 2.77. The highest BCUT2D eigenvalue weighted by Crippen LogP contribution is 2.38. The van der Waals surface area contributed by atoms with Crippen LogP contribution < -0.4 is 29.0 Å². The van der Waals surface area contributed by atoms with Crippen molar-refractivity contribution < 1.29 is 28.5 Å². The Kier molecular flexibility index (Phi) is 10.3. The average molecular weight is 542 g/mol. The van der Waals surface area contributed by atoms with E-state index >= 15 is 0 Å². The van der Waals surface area contributed by atoms with Crippen LogP contribution in [0.2, 0.25) is 0 Å². The van der Waals surface area contributed by atoms with Gasteiger partial charge in [0.1, 0.15) is 13.2 Å².